The molecule has 17 nitrogen and oxygen atoms in total. The van der Waals surface area contributed by atoms with Gasteiger partial charge in [0.15, 0.2) is 0 Å². The summed E-state index contributed by atoms with van der Waals surface area (Å²) in [5.41, 5.74) is 11.5. The number of carbonyl (C=O) groups is 8. The fraction of sp³-hybridized carbons (Fsp3) is 0.421. The lowest BCUT2D eigenvalue weighted by Gasteiger charge is -2.31. The Morgan fingerprint density at radius 1 is 0.804 bits per heavy atom. The highest BCUT2D eigenvalue weighted by Crippen LogP contribution is 2.24. The number of hydrogen-bond donors (Lipinski definition) is 8. The summed E-state index contributed by atoms with van der Waals surface area (Å²) in [6.07, 6.45) is 9.97. The molecule has 1 aromatic carbocycles. The molecular formula is C38H50BrN7O10. The van der Waals surface area contributed by atoms with Gasteiger partial charge in [0, 0.05) is 6.08 Å². The zero-order valence-corrected chi connectivity index (χ0v) is 33.3. The van der Waals surface area contributed by atoms with Crippen molar-refractivity contribution in [3.8, 4) is 5.75 Å². The quantitative estimate of drug-likeness (QED) is 0.0780. The molecule has 0 bridgehead atoms. The lowest BCUT2D eigenvalue weighted by molar-refractivity contribution is -0.156. The molecule has 6 atom stereocenters. The summed E-state index contributed by atoms with van der Waals surface area (Å²) in [5.74, 6) is -8.35. The van der Waals surface area contributed by atoms with Gasteiger partial charge in [-0.1, -0.05) is 76.3 Å². The van der Waals surface area contributed by atoms with Crippen LogP contribution in [0.1, 0.15) is 59.4 Å². The average Bonchev–Trinajstić information content (AvgIpc) is 3.09. The van der Waals surface area contributed by atoms with Crippen LogP contribution in [0, 0.1) is 11.8 Å². The number of esters is 1. The second-order valence-electron chi connectivity index (χ2n) is 13.7. The predicted octanol–water partition coefficient (Wildman–Crippen LogP) is 0.659. The topological polar surface area (TPSA) is 278 Å². The number of amides is 7. The van der Waals surface area contributed by atoms with E-state index in [-0.39, 0.29) is 18.1 Å². The van der Waals surface area contributed by atoms with E-state index >= 15 is 0 Å². The molecule has 1 aliphatic heterocycles. The van der Waals surface area contributed by atoms with Gasteiger partial charge in [0.1, 0.15) is 42.1 Å². The molecule has 304 valence electrons. The molecule has 0 radical (unpaired) electrons. The molecule has 6 unspecified atom stereocenters. The summed E-state index contributed by atoms with van der Waals surface area (Å²) >= 11 is 3.26. The maximum atomic E-state index is 13.8. The minimum Gasteiger partial charge on any atom is -0.507 e. The Kier molecular flexibility index (Phi) is 18.7. The van der Waals surface area contributed by atoms with E-state index in [1.165, 1.54) is 13.0 Å². The number of aromatic hydroxyl groups is 1. The van der Waals surface area contributed by atoms with E-state index in [2.05, 4.69) is 42.5 Å². The number of halogens is 1. The summed E-state index contributed by atoms with van der Waals surface area (Å²) in [4.78, 5) is 104. The minimum atomic E-state index is -1.65. The third kappa shape index (κ3) is 15.9. The Labute approximate surface area is 333 Å². The summed E-state index contributed by atoms with van der Waals surface area (Å²) in [7, 11) is 0. The number of benzene rings is 1. The minimum absolute atomic E-state index is 0.0292. The van der Waals surface area contributed by atoms with Crippen molar-refractivity contribution >= 4 is 69.3 Å². The number of phenols is 1. The first-order chi connectivity index (χ1) is 26.3. The van der Waals surface area contributed by atoms with Gasteiger partial charge in [0.05, 0.1) is 17.3 Å². The van der Waals surface area contributed by atoms with Crippen molar-refractivity contribution in [1.29, 1.82) is 0 Å². The first kappa shape index (κ1) is 46.4. The number of cyclic esters (lactones) is 1. The van der Waals surface area contributed by atoms with E-state index in [4.69, 9.17) is 16.2 Å². The van der Waals surface area contributed by atoms with Crippen molar-refractivity contribution in [2.75, 3.05) is 0 Å². The highest BCUT2D eigenvalue weighted by molar-refractivity contribution is 9.10. The van der Waals surface area contributed by atoms with Gasteiger partial charge < -0.3 is 47.9 Å². The third-order valence-electron chi connectivity index (χ3n) is 8.05. The highest BCUT2D eigenvalue weighted by Gasteiger charge is 2.38. The molecule has 10 N–H and O–H groups in total. The van der Waals surface area contributed by atoms with E-state index < -0.39 is 102 Å². The van der Waals surface area contributed by atoms with Crippen LogP contribution >= 0.6 is 15.9 Å². The van der Waals surface area contributed by atoms with Crippen molar-refractivity contribution in [1.82, 2.24) is 26.6 Å². The van der Waals surface area contributed by atoms with Crippen LogP contribution in [0.5, 0.6) is 5.75 Å². The number of primary amides is 2. The predicted molar refractivity (Wildman–Crippen MR) is 209 cm³/mol. The van der Waals surface area contributed by atoms with Crippen molar-refractivity contribution in [3.05, 3.63) is 70.8 Å². The first-order valence-electron chi connectivity index (χ1n) is 17.7. The Hall–Kier alpha value is -5.78. The number of carbonyl (C=O) groups excluding carboxylic acids is 8. The smallest absolute Gasteiger partial charge is 0.328 e. The van der Waals surface area contributed by atoms with Crippen LogP contribution in [-0.2, 0) is 43.1 Å². The highest BCUT2D eigenvalue weighted by atomic mass is 79.9. The molecule has 1 aliphatic rings. The van der Waals surface area contributed by atoms with Gasteiger partial charge in [-0.15, -0.1) is 0 Å². The van der Waals surface area contributed by atoms with Crippen LogP contribution in [0.3, 0.4) is 0 Å². The first-order valence-corrected chi connectivity index (χ1v) is 18.5. The molecule has 56 heavy (non-hydrogen) atoms. The zero-order valence-electron chi connectivity index (χ0n) is 31.7. The van der Waals surface area contributed by atoms with Crippen LogP contribution in [-0.4, -0.2) is 88.7 Å². The second-order valence-corrected chi connectivity index (χ2v) is 14.6. The van der Waals surface area contributed by atoms with Crippen LogP contribution in [0.4, 0.5) is 0 Å². The number of phenolic OH excluding ortho intramolecular Hbond substituents is 1. The Morgan fingerprint density at radius 2 is 1.34 bits per heavy atom. The van der Waals surface area contributed by atoms with Gasteiger partial charge in [-0.2, -0.15) is 0 Å². The summed E-state index contributed by atoms with van der Waals surface area (Å²) < 4.78 is 6.17. The van der Waals surface area contributed by atoms with Crippen LogP contribution in [0.15, 0.2) is 65.2 Å². The number of nitrogens with two attached hydrogens (primary N) is 2. The third-order valence-corrected chi connectivity index (χ3v) is 8.68. The molecule has 1 heterocycles. The van der Waals surface area contributed by atoms with E-state index in [1.54, 1.807) is 76.3 Å². The molecule has 1 aromatic rings. The van der Waals surface area contributed by atoms with Crippen LogP contribution in [0.2, 0.25) is 0 Å². The Balaban J connectivity index is 2.43. The molecule has 0 saturated carbocycles. The maximum Gasteiger partial charge on any atom is 0.328 e. The fourth-order valence-electron chi connectivity index (χ4n) is 5.21. The van der Waals surface area contributed by atoms with Crippen molar-refractivity contribution in [2.24, 2.45) is 23.3 Å². The van der Waals surface area contributed by atoms with E-state index in [0.29, 0.717) is 4.47 Å². The van der Waals surface area contributed by atoms with E-state index in [1.807, 2.05) is 6.08 Å². The molecular weight excluding hydrogens is 794 g/mol. The van der Waals surface area contributed by atoms with Crippen LogP contribution < -0.4 is 38.1 Å². The van der Waals surface area contributed by atoms with Gasteiger partial charge in [-0.05, 0) is 58.8 Å². The lowest BCUT2D eigenvalue weighted by Crippen LogP contribution is -2.62. The van der Waals surface area contributed by atoms with E-state index in [9.17, 15) is 43.5 Å². The number of ether oxygens (including phenoxy) is 1. The average molecular weight is 845 g/mol. The molecule has 2 rings (SSSR count). The van der Waals surface area contributed by atoms with Gasteiger partial charge in [-0.25, -0.2) is 4.79 Å². The number of allylic oxidation sites excluding steroid dienone is 6. The second kappa shape index (κ2) is 22.6. The van der Waals surface area contributed by atoms with Crippen molar-refractivity contribution in [3.63, 3.8) is 0 Å². The summed E-state index contributed by atoms with van der Waals surface area (Å²) in [5, 5.41) is 21.8. The summed E-state index contributed by atoms with van der Waals surface area (Å²) in [6.45, 7) is 8.02. The van der Waals surface area contributed by atoms with Crippen LogP contribution in [0.25, 0.3) is 6.08 Å². The normalized spacial score (nSPS) is 23.3. The Morgan fingerprint density at radius 3 is 1.88 bits per heavy atom. The number of rotatable bonds is 13. The number of nitrogens with one attached hydrogen (secondary N) is 5. The number of hydrogen-bond acceptors (Lipinski definition) is 10. The monoisotopic (exact) mass is 843 g/mol. The lowest BCUT2D eigenvalue weighted by atomic mass is 10.0. The molecule has 1 saturated heterocycles. The standard InChI is InChI=1S/C38H50BrN7O10/c1-20(2)16-27-38(55)56-22(5)33(45-31(50)13-11-9-7-6-8-10-12-23-14-15-28(47)24(39)17-23)37(54)46-32(21(3)4)36(53)43-26(19-30(41)49)34(51)42-25(18-29(40)48)35(52)44-27/h6-15,17,20-22,25-27,32-33,47H,16,18-19H2,1-5H3,(H2,40,48)(H2,41,49)(H,42,51)(H,43,53)(H,44,52)(H,45,50)(H,46,54). The fourth-order valence-corrected chi connectivity index (χ4v) is 5.61. The van der Waals surface area contributed by atoms with Gasteiger partial charge >= 0.3 is 5.97 Å². The van der Waals surface area contributed by atoms with Crippen molar-refractivity contribution < 1.29 is 48.2 Å². The zero-order chi connectivity index (χ0) is 42.1. The molecule has 0 aromatic heterocycles. The molecule has 0 aliphatic carbocycles. The molecule has 0 spiro atoms. The largest absolute Gasteiger partial charge is 0.507 e. The molecule has 7 amide bonds. The molecule has 1 fully saturated rings. The Bertz CT molecular complexity index is 1760. The van der Waals surface area contributed by atoms with Crippen molar-refractivity contribution in [2.45, 2.75) is 90.2 Å². The SMILES string of the molecule is CC(C)CC1NC(=O)C(CC(N)=O)NC(=O)C(CC(N)=O)NC(=O)C(C(C)C)NC(=O)C(NC(=O)C=CC=CC=CC=Cc2ccc(O)c(Br)c2)C(C)OC1=O. The van der Waals surface area contributed by atoms with E-state index in [0.717, 1.165) is 11.6 Å². The van der Waals surface area contributed by atoms with Gasteiger partial charge in [0.2, 0.25) is 41.4 Å². The van der Waals surface area contributed by atoms with Gasteiger partial charge in [-0.3, -0.25) is 33.6 Å². The molecule has 18 heteroatoms. The van der Waals surface area contributed by atoms with Gasteiger partial charge in [0.25, 0.3) is 0 Å². The summed E-state index contributed by atoms with van der Waals surface area (Å²) in [6, 6.07) is -2.51. The maximum absolute atomic E-state index is 13.8.